The summed E-state index contributed by atoms with van der Waals surface area (Å²) < 4.78 is 0. The fourth-order valence-electron chi connectivity index (χ4n) is 3.79. The lowest BCUT2D eigenvalue weighted by molar-refractivity contribution is -0.141. The van der Waals surface area contributed by atoms with E-state index in [4.69, 9.17) is 5.73 Å². The number of carbonyl (C=O) groups excluding carboxylic acids is 2. The van der Waals surface area contributed by atoms with Crippen LogP contribution in [-0.4, -0.2) is 56.6 Å². The van der Waals surface area contributed by atoms with Gasteiger partial charge < -0.3 is 26.2 Å². The zero-order valence-electron chi connectivity index (χ0n) is 18.9. The lowest BCUT2D eigenvalue weighted by Crippen LogP contribution is -2.55. The van der Waals surface area contributed by atoms with Gasteiger partial charge in [-0.05, 0) is 23.5 Å². The molecule has 5 N–H and O–H groups in total. The highest BCUT2D eigenvalue weighted by Gasteiger charge is 2.42. The second-order valence-electron chi connectivity index (χ2n) is 9.38. The monoisotopic (exact) mass is 460 g/mol. The van der Waals surface area contributed by atoms with Gasteiger partial charge in [-0.1, -0.05) is 45.0 Å². The van der Waals surface area contributed by atoms with Crippen LogP contribution in [0.3, 0.4) is 0 Å². The van der Waals surface area contributed by atoms with Gasteiger partial charge in [0.2, 0.25) is 11.8 Å². The largest absolute Gasteiger partial charge is 0.391 e. The predicted octanol–water partition coefficient (Wildman–Crippen LogP) is 1.81. The number of amides is 2. The maximum Gasteiger partial charge on any atom is 0.243 e. The minimum absolute atomic E-state index is 0.103. The zero-order chi connectivity index (χ0) is 23.6. The van der Waals surface area contributed by atoms with E-state index in [2.05, 4.69) is 10.3 Å². The maximum absolute atomic E-state index is 13.0. The molecule has 2 amide bonds. The number of nitrogens with one attached hydrogen (secondary N) is 1. The highest BCUT2D eigenvalue weighted by molar-refractivity contribution is 7.13. The molecule has 2 heterocycles. The number of hydrogen-bond acceptors (Lipinski definition) is 7. The number of rotatable bonds is 6. The van der Waals surface area contributed by atoms with Gasteiger partial charge in [0.1, 0.15) is 6.04 Å². The summed E-state index contributed by atoms with van der Waals surface area (Å²) in [7, 11) is 0. The summed E-state index contributed by atoms with van der Waals surface area (Å²) in [6.07, 6.45) is -0.563. The number of nitrogens with two attached hydrogens (primary N) is 1. The van der Waals surface area contributed by atoms with Crippen molar-refractivity contribution in [1.29, 1.82) is 0 Å². The van der Waals surface area contributed by atoms with Crippen molar-refractivity contribution in [3.05, 3.63) is 41.0 Å². The second-order valence-corrected chi connectivity index (χ2v) is 10.2. The Labute approximate surface area is 192 Å². The lowest BCUT2D eigenvalue weighted by Gasteiger charge is -2.32. The summed E-state index contributed by atoms with van der Waals surface area (Å²) in [5.41, 5.74) is 9.87. The van der Waals surface area contributed by atoms with E-state index in [-0.39, 0.29) is 37.4 Å². The van der Waals surface area contributed by atoms with E-state index >= 15 is 0 Å². The number of nitrogens with zero attached hydrogens (tertiary/aromatic N) is 2. The summed E-state index contributed by atoms with van der Waals surface area (Å²) in [6.45, 7) is 7.48. The molecule has 32 heavy (non-hydrogen) atoms. The van der Waals surface area contributed by atoms with Gasteiger partial charge in [-0.25, -0.2) is 4.98 Å². The van der Waals surface area contributed by atoms with Crippen LogP contribution in [0.2, 0.25) is 0 Å². The van der Waals surface area contributed by atoms with Crippen LogP contribution < -0.4 is 11.1 Å². The number of aliphatic hydroxyl groups excluding tert-OH is 2. The van der Waals surface area contributed by atoms with Crippen LogP contribution in [0.1, 0.15) is 51.4 Å². The third-order valence-electron chi connectivity index (χ3n) is 5.89. The Morgan fingerprint density at radius 3 is 2.56 bits per heavy atom. The van der Waals surface area contributed by atoms with Crippen LogP contribution in [0.5, 0.6) is 0 Å². The summed E-state index contributed by atoms with van der Waals surface area (Å²) in [6, 6.07) is 5.90. The van der Waals surface area contributed by atoms with Crippen LogP contribution in [0, 0.1) is 5.41 Å². The van der Waals surface area contributed by atoms with Gasteiger partial charge >= 0.3 is 0 Å². The predicted molar refractivity (Wildman–Crippen MR) is 124 cm³/mol. The lowest BCUT2D eigenvalue weighted by atomic mass is 9.86. The molecule has 0 radical (unpaired) electrons. The number of carbonyl (C=O) groups is 2. The number of benzene rings is 1. The van der Waals surface area contributed by atoms with E-state index in [1.807, 2.05) is 52.0 Å². The van der Waals surface area contributed by atoms with Gasteiger partial charge in [0.25, 0.3) is 0 Å². The fourth-order valence-corrected chi connectivity index (χ4v) is 4.60. The Morgan fingerprint density at radius 2 is 1.97 bits per heavy atom. The molecule has 9 heteroatoms. The Hall–Kier alpha value is -2.33. The van der Waals surface area contributed by atoms with Crippen LogP contribution in [0.15, 0.2) is 29.8 Å². The molecule has 1 aromatic carbocycles. The van der Waals surface area contributed by atoms with E-state index in [0.717, 1.165) is 16.0 Å². The first-order chi connectivity index (χ1) is 15.0. The van der Waals surface area contributed by atoms with Crippen molar-refractivity contribution < 1.29 is 19.8 Å². The topological polar surface area (TPSA) is 129 Å². The van der Waals surface area contributed by atoms with Crippen LogP contribution in [-0.2, 0) is 16.2 Å². The summed E-state index contributed by atoms with van der Waals surface area (Å²) in [4.78, 5) is 32.4. The van der Waals surface area contributed by atoms with Crippen molar-refractivity contribution in [1.82, 2.24) is 15.2 Å². The molecule has 2 aromatic rings. The highest BCUT2D eigenvalue weighted by Crippen LogP contribution is 2.29. The molecular weight excluding hydrogens is 428 g/mol. The summed E-state index contributed by atoms with van der Waals surface area (Å²) >= 11 is 1.46. The highest BCUT2D eigenvalue weighted by atomic mass is 32.1. The fraction of sp³-hybridized carbons (Fsp3) is 0.522. The molecule has 1 aliphatic rings. The molecule has 1 saturated heterocycles. The number of aromatic nitrogens is 1. The first-order valence-electron chi connectivity index (χ1n) is 10.7. The second kappa shape index (κ2) is 9.66. The van der Waals surface area contributed by atoms with Gasteiger partial charge in [-0.2, -0.15) is 0 Å². The SMILES string of the molecule is CC(NC(=O)[C@@H]1C[C@@H](O)CN1C(=O)C(N)C(C)(C)C)c1ccc(-c2scnc2CO)cc1. The van der Waals surface area contributed by atoms with E-state index < -0.39 is 23.6 Å². The first-order valence-corrected chi connectivity index (χ1v) is 11.6. The number of thiazole rings is 1. The van der Waals surface area contributed by atoms with Gasteiger partial charge in [0.05, 0.1) is 40.9 Å². The molecule has 3 rings (SSSR count). The number of hydrogen-bond donors (Lipinski definition) is 4. The van der Waals surface area contributed by atoms with Crippen molar-refractivity contribution in [2.24, 2.45) is 11.1 Å². The van der Waals surface area contributed by atoms with Crippen molar-refractivity contribution in [2.45, 2.75) is 65.0 Å². The third kappa shape index (κ3) is 5.17. The Bertz CT molecular complexity index is 954. The molecule has 8 nitrogen and oxygen atoms in total. The smallest absolute Gasteiger partial charge is 0.243 e. The average Bonchev–Trinajstić information content (AvgIpc) is 3.38. The summed E-state index contributed by atoms with van der Waals surface area (Å²) in [5.74, 6) is -0.631. The van der Waals surface area contributed by atoms with Crippen LogP contribution in [0.4, 0.5) is 0 Å². The van der Waals surface area contributed by atoms with E-state index in [0.29, 0.717) is 5.69 Å². The normalized spacial score (nSPS) is 20.8. The standard InChI is InChI=1S/C23H32N4O4S/c1-13(14-5-7-15(8-6-14)19-17(11-28)25-12-32-19)26-21(30)18-9-16(29)10-27(18)22(31)20(24)23(2,3)4/h5-8,12-13,16,18,20,28-29H,9-11,24H2,1-4H3,(H,26,30)/t13?,16-,18+,20?/m1/s1. The minimum Gasteiger partial charge on any atom is -0.391 e. The Kier molecular flexibility index (Phi) is 7.34. The third-order valence-corrected chi connectivity index (χ3v) is 6.80. The average molecular weight is 461 g/mol. The van der Waals surface area contributed by atoms with Crippen LogP contribution >= 0.6 is 11.3 Å². The molecule has 4 atom stereocenters. The Balaban J connectivity index is 1.69. The number of β-amino-alcohol motifs (C(OH)–C–C–N with tert-alkyl or cyclic N) is 1. The van der Waals surface area contributed by atoms with E-state index in [9.17, 15) is 19.8 Å². The van der Waals surface area contributed by atoms with Crippen LogP contribution in [0.25, 0.3) is 10.4 Å². The molecule has 1 aromatic heterocycles. The molecule has 2 unspecified atom stereocenters. The maximum atomic E-state index is 13.0. The van der Waals surface area contributed by atoms with Gasteiger partial charge in [0, 0.05) is 13.0 Å². The van der Waals surface area contributed by atoms with Gasteiger partial charge in [0.15, 0.2) is 0 Å². The van der Waals surface area contributed by atoms with Crippen molar-refractivity contribution in [2.75, 3.05) is 6.54 Å². The molecule has 174 valence electrons. The molecule has 0 bridgehead atoms. The Morgan fingerprint density at radius 1 is 1.31 bits per heavy atom. The molecule has 0 saturated carbocycles. The van der Waals surface area contributed by atoms with E-state index in [1.165, 1.54) is 16.2 Å². The van der Waals surface area contributed by atoms with Crippen molar-refractivity contribution >= 4 is 23.2 Å². The van der Waals surface area contributed by atoms with Gasteiger partial charge in [-0.3, -0.25) is 9.59 Å². The first kappa shape index (κ1) is 24.3. The molecule has 0 aliphatic carbocycles. The quantitative estimate of drug-likeness (QED) is 0.520. The van der Waals surface area contributed by atoms with Crippen molar-refractivity contribution in [3.63, 3.8) is 0 Å². The number of likely N-dealkylation sites (tertiary alicyclic amines) is 1. The van der Waals surface area contributed by atoms with Crippen molar-refractivity contribution in [3.8, 4) is 10.4 Å². The molecular formula is C23H32N4O4S. The van der Waals surface area contributed by atoms with E-state index in [1.54, 1.807) is 5.51 Å². The molecule has 0 spiro atoms. The number of aliphatic hydroxyl groups is 2. The van der Waals surface area contributed by atoms with Gasteiger partial charge in [-0.15, -0.1) is 11.3 Å². The zero-order valence-corrected chi connectivity index (χ0v) is 19.7. The minimum atomic E-state index is -0.761. The molecule has 1 aliphatic heterocycles. The molecule has 1 fully saturated rings. The summed E-state index contributed by atoms with van der Waals surface area (Å²) in [5, 5.41) is 22.5.